The van der Waals surface area contributed by atoms with Crippen molar-refractivity contribution >= 4 is 37.5 Å². The molecule has 9 heteroatoms. The summed E-state index contributed by atoms with van der Waals surface area (Å²) in [7, 11) is -2.75. The maximum atomic E-state index is 13.7. The van der Waals surface area contributed by atoms with E-state index in [1.807, 2.05) is 0 Å². The van der Waals surface area contributed by atoms with Crippen LogP contribution in [0.4, 0.5) is 14.5 Å². The van der Waals surface area contributed by atoms with Crippen LogP contribution in [-0.2, 0) is 14.8 Å². The molecule has 0 aromatic heterocycles. The van der Waals surface area contributed by atoms with Gasteiger partial charge in [0.05, 0.1) is 17.1 Å². The largest absolute Gasteiger partial charge is 0.322 e. The van der Waals surface area contributed by atoms with Gasteiger partial charge in [-0.05, 0) is 42.5 Å². The highest BCUT2D eigenvalue weighted by molar-refractivity contribution is 9.10. The van der Waals surface area contributed by atoms with Crippen molar-refractivity contribution < 1.29 is 22.0 Å². The third kappa shape index (κ3) is 4.37. The molecule has 0 atom stereocenters. The predicted molar refractivity (Wildman–Crippen MR) is 88.9 cm³/mol. The van der Waals surface area contributed by atoms with E-state index >= 15 is 0 Å². The zero-order chi connectivity index (χ0) is 17.9. The number of nitrogens with one attached hydrogen (secondary N) is 1. The molecule has 0 unspecified atom stereocenters. The summed E-state index contributed by atoms with van der Waals surface area (Å²) in [5.74, 6) is -1.92. The van der Waals surface area contributed by atoms with Crippen LogP contribution in [0.1, 0.15) is 0 Å². The van der Waals surface area contributed by atoms with Gasteiger partial charge in [0.15, 0.2) is 0 Å². The van der Waals surface area contributed by atoms with E-state index in [0.29, 0.717) is 4.47 Å². The number of rotatable bonds is 5. The Morgan fingerprint density at radius 3 is 2.38 bits per heavy atom. The first-order valence-corrected chi connectivity index (χ1v) is 8.90. The first-order chi connectivity index (χ1) is 11.2. The van der Waals surface area contributed by atoms with Crippen molar-refractivity contribution in [1.29, 1.82) is 0 Å². The highest BCUT2D eigenvalue weighted by Gasteiger charge is 2.23. The molecule has 5 nitrogen and oxygen atoms in total. The van der Waals surface area contributed by atoms with Crippen LogP contribution in [-0.4, -0.2) is 32.2 Å². The molecular weight excluding hydrogens is 406 g/mol. The van der Waals surface area contributed by atoms with Crippen molar-refractivity contribution in [3.05, 3.63) is 58.6 Å². The van der Waals surface area contributed by atoms with Crippen molar-refractivity contribution in [2.75, 3.05) is 18.9 Å². The predicted octanol–water partition coefficient (Wildman–Crippen LogP) is 2.99. The van der Waals surface area contributed by atoms with Crippen molar-refractivity contribution in [3.63, 3.8) is 0 Å². The number of carbonyl (C=O) groups excluding carboxylic acids is 1. The summed E-state index contributed by atoms with van der Waals surface area (Å²) in [5, 5.41) is 2.30. The number of halogens is 3. The van der Waals surface area contributed by atoms with Crippen LogP contribution in [0.3, 0.4) is 0 Å². The van der Waals surface area contributed by atoms with Crippen molar-refractivity contribution in [2.24, 2.45) is 0 Å². The van der Waals surface area contributed by atoms with Gasteiger partial charge in [-0.25, -0.2) is 17.2 Å². The van der Waals surface area contributed by atoms with E-state index in [-0.39, 0.29) is 10.6 Å². The van der Waals surface area contributed by atoms with Crippen molar-refractivity contribution in [2.45, 2.75) is 4.90 Å². The van der Waals surface area contributed by atoms with Gasteiger partial charge in [-0.3, -0.25) is 4.79 Å². The molecule has 0 aliphatic carbocycles. The lowest BCUT2D eigenvalue weighted by molar-refractivity contribution is -0.116. The second-order valence-corrected chi connectivity index (χ2v) is 7.85. The fourth-order valence-corrected chi connectivity index (χ4v) is 3.31. The minimum Gasteiger partial charge on any atom is -0.322 e. The van der Waals surface area contributed by atoms with Crippen LogP contribution in [0.2, 0.25) is 0 Å². The summed E-state index contributed by atoms with van der Waals surface area (Å²) < 4.78 is 52.4. The minimum absolute atomic E-state index is 0.0595. The molecule has 1 amide bonds. The standard InChI is InChI=1S/C15H13BrF2N2O3S/c1-20(24(22,23)12-5-3-11(17)4-6-12)9-15(21)19-14-7-2-10(16)8-13(14)18/h2-8H,9H2,1H3,(H,19,21). The molecule has 1 N–H and O–H groups in total. The van der Waals surface area contributed by atoms with E-state index in [2.05, 4.69) is 21.2 Å². The number of sulfonamides is 1. The molecule has 128 valence electrons. The zero-order valence-electron chi connectivity index (χ0n) is 12.5. The van der Waals surface area contributed by atoms with Gasteiger partial charge in [0.2, 0.25) is 15.9 Å². The highest BCUT2D eigenvalue weighted by Crippen LogP contribution is 2.20. The smallest absolute Gasteiger partial charge is 0.243 e. The fourth-order valence-electron chi connectivity index (χ4n) is 1.85. The molecule has 2 aromatic rings. The van der Waals surface area contributed by atoms with Crippen LogP contribution in [0.25, 0.3) is 0 Å². The molecule has 2 rings (SSSR count). The van der Waals surface area contributed by atoms with E-state index in [9.17, 15) is 22.0 Å². The van der Waals surface area contributed by atoms with Crippen molar-refractivity contribution in [3.8, 4) is 0 Å². The fraction of sp³-hybridized carbons (Fsp3) is 0.133. The number of carbonyl (C=O) groups is 1. The number of hydrogen-bond donors (Lipinski definition) is 1. The molecule has 0 aliphatic rings. The number of benzene rings is 2. The molecule has 2 aromatic carbocycles. The number of likely N-dealkylation sites (N-methyl/N-ethyl adjacent to an activating group) is 1. The lowest BCUT2D eigenvalue weighted by Gasteiger charge is -2.17. The third-order valence-electron chi connectivity index (χ3n) is 3.09. The molecule has 0 saturated carbocycles. The van der Waals surface area contributed by atoms with Gasteiger partial charge in [0.1, 0.15) is 11.6 Å². The van der Waals surface area contributed by atoms with Crippen LogP contribution < -0.4 is 5.32 Å². The molecule has 0 radical (unpaired) electrons. The van der Waals surface area contributed by atoms with Crippen LogP contribution >= 0.6 is 15.9 Å². The molecule has 0 heterocycles. The lowest BCUT2D eigenvalue weighted by atomic mass is 10.3. The third-order valence-corrected chi connectivity index (χ3v) is 5.40. The van der Waals surface area contributed by atoms with Gasteiger partial charge < -0.3 is 5.32 Å². The Balaban J connectivity index is 2.09. The summed E-state index contributed by atoms with van der Waals surface area (Å²) >= 11 is 3.09. The summed E-state index contributed by atoms with van der Waals surface area (Å²) in [6.07, 6.45) is 0. The van der Waals surface area contributed by atoms with E-state index in [1.165, 1.54) is 25.2 Å². The SMILES string of the molecule is CN(CC(=O)Nc1ccc(Br)cc1F)S(=O)(=O)c1ccc(F)cc1. The second kappa shape index (κ2) is 7.37. The second-order valence-electron chi connectivity index (χ2n) is 4.89. The number of hydrogen-bond acceptors (Lipinski definition) is 3. The lowest BCUT2D eigenvalue weighted by Crippen LogP contribution is -2.35. The Kier molecular flexibility index (Phi) is 5.68. The molecule has 0 fully saturated rings. The quantitative estimate of drug-likeness (QED) is 0.811. The Bertz CT molecular complexity index is 858. The van der Waals surface area contributed by atoms with Gasteiger partial charge in [-0.1, -0.05) is 15.9 Å². The normalized spacial score (nSPS) is 11.5. The highest BCUT2D eigenvalue weighted by atomic mass is 79.9. The van der Waals surface area contributed by atoms with Gasteiger partial charge in [0, 0.05) is 11.5 Å². The van der Waals surface area contributed by atoms with E-state index < -0.39 is 34.1 Å². The van der Waals surface area contributed by atoms with E-state index in [0.717, 1.165) is 28.6 Å². The first kappa shape index (κ1) is 18.5. The Morgan fingerprint density at radius 2 is 1.79 bits per heavy atom. The average molecular weight is 419 g/mol. The maximum Gasteiger partial charge on any atom is 0.243 e. The number of anilines is 1. The van der Waals surface area contributed by atoms with Crippen molar-refractivity contribution in [1.82, 2.24) is 4.31 Å². The summed E-state index contributed by atoms with van der Waals surface area (Å²) in [6, 6.07) is 8.30. The minimum atomic E-state index is -3.96. The molecule has 0 bridgehead atoms. The number of amides is 1. The molecule has 24 heavy (non-hydrogen) atoms. The van der Waals surface area contributed by atoms with Crippen LogP contribution in [0.15, 0.2) is 51.8 Å². The number of nitrogens with zero attached hydrogens (tertiary/aromatic N) is 1. The average Bonchev–Trinajstić information content (AvgIpc) is 2.50. The maximum absolute atomic E-state index is 13.7. The molecule has 0 aliphatic heterocycles. The Labute approximate surface area is 146 Å². The van der Waals surface area contributed by atoms with Gasteiger partial charge >= 0.3 is 0 Å². The van der Waals surface area contributed by atoms with Gasteiger partial charge in [0.25, 0.3) is 0 Å². The van der Waals surface area contributed by atoms with Gasteiger partial charge in [-0.2, -0.15) is 4.31 Å². The summed E-state index contributed by atoms with van der Waals surface area (Å²) in [5.41, 5.74) is -0.0595. The summed E-state index contributed by atoms with van der Waals surface area (Å²) in [6.45, 7) is -0.519. The van der Waals surface area contributed by atoms with Gasteiger partial charge in [-0.15, -0.1) is 0 Å². The van der Waals surface area contributed by atoms with Crippen LogP contribution in [0.5, 0.6) is 0 Å². The van der Waals surface area contributed by atoms with E-state index in [1.54, 1.807) is 0 Å². The van der Waals surface area contributed by atoms with Crippen LogP contribution in [0, 0.1) is 11.6 Å². The molecule has 0 spiro atoms. The topological polar surface area (TPSA) is 66.5 Å². The molecular formula is C15H13BrF2N2O3S. The Morgan fingerprint density at radius 1 is 1.17 bits per heavy atom. The Hall–Kier alpha value is -1.84. The zero-order valence-corrected chi connectivity index (χ0v) is 14.9. The summed E-state index contributed by atoms with van der Waals surface area (Å²) in [4.78, 5) is 11.8. The molecule has 0 saturated heterocycles. The van der Waals surface area contributed by atoms with E-state index in [4.69, 9.17) is 0 Å². The monoisotopic (exact) mass is 418 g/mol. The first-order valence-electron chi connectivity index (χ1n) is 6.67.